The highest BCUT2D eigenvalue weighted by Crippen LogP contribution is 2.32. The fourth-order valence-corrected chi connectivity index (χ4v) is 2.52. The first kappa shape index (κ1) is 21.6. The maximum atomic E-state index is 6.23. The highest BCUT2D eigenvalue weighted by Gasteiger charge is 2.13. The molecule has 0 spiro atoms. The van der Waals surface area contributed by atoms with Crippen LogP contribution in [0.5, 0.6) is 11.5 Å². The molecular formula is C20H27Cl2NO2. The lowest BCUT2D eigenvalue weighted by molar-refractivity contribution is 0.266. The second-order valence-corrected chi connectivity index (χ2v) is 6.15. The highest BCUT2D eigenvalue weighted by atomic mass is 35.5. The molecule has 0 radical (unpaired) electrons. The first-order chi connectivity index (χ1) is 11.7. The summed E-state index contributed by atoms with van der Waals surface area (Å²) < 4.78 is 11.8. The Hall–Kier alpha value is -1.42. The van der Waals surface area contributed by atoms with Crippen molar-refractivity contribution in [3.63, 3.8) is 0 Å². The average Bonchev–Trinajstić information content (AvgIpc) is 2.60. The van der Waals surface area contributed by atoms with Crippen molar-refractivity contribution in [3.8, 4) is 11.5 Å². The smallest absolute Gasteiger partial charge is 0.166 e. The molecule has 5 heteroatoms. The van der Waals surface area contributed by atoms with Gasteiger partial charge in [-0.05, 0) is 32.4 Å². The van der Waals surface area contributed by atoms with E-state index in [9.17, 15) is 0 Å². The standard InChI is InChI=1S/C20H26ClNO2.ClH/c1-4-15(3)22-13-16-10-8-12-19(23-5-2)20(16)24-14-17-9-6-7-11-18(17)21;/h6-12,15,22H,4-5,13-14H2,1-3H3;1H. The Bertz CT molecular complexity index is 649. The van der Waals surface area contributed by atoms with Gasteiger partial charge in [0.1, 0.15) is 6.61 Å². The molecule has 0 bridgehead atoms. The van der Waals surface area contributed by atoms with Gasteiger partial charge < -0.3 is 14.8 Å². The van der Waals surface area contributed by atoms with E-state index in [2.05, 4.69) is 25.2 Å². The third-order valence-electron chi connectivity index (χ3n) is 3.94. The van der Waals surface area contributed by atoms with Gasteiger partial charge in [0.2, 0.25) is 0 Å². The Morgan fingerprint density at radius 3 is 2.40 bits per heavy atom. The molecule has 1 unspecified atom stereocenters. The molecule has 2 aromatic carbocycles. The molecule has 138 valence electrons. The van der Waals surface area contributed by atoms with E-state index in [1.54, 1.807) is 0 Å². The third kappa shape index (κ3) is 6.43. The van der Waals surface area contributed by atoms with Crippen molar-refractivity contribution in [2.75, 3.05) is 6.61 Å². The Morgan fingerprint density at radius 2 is 1.72 bits per heavy atom. The van der Waals surface area contributed by atoms with Gasteiger partial charge in [-0.3, -0.25) is 0 Å². The number of ether oxygens (including phenoxy) is 2. The van der Waals surface area contributed by atoms with Crippen LogP contribution in [0.4, 0.5) is 0 Å². The van der Waals surface area contributed by atoms with E-state index in [0.717, 1.165) is 35.6 Å². The summed E-state index contributed by atoms with van der Waals surface area (Å²) in [6.07, 6.45) is 1.08. The maximum Gasteiger partial charge on any atom is 0.166 e. The van der Waals surface area contributed by atoms with Gasteiger partial charge >= 0.3 is 0 Å². The predicted octanol–water partition coefficient (Wildman–Crippen LogP) is 5.63. The van der Waals surface area contributed by atoms with Gasteiger partial charge in [-0.1, -0.05) is 48.9 Å². The molecule has 1 N–H and O–H groups in total. The average molecular weight is 384 g/mol. The number of hydrogen-bond donors (Lipinski definition) is 1. The molecule has 2 aromatic rings. The summed E-state index contributed by atoms with van der Waals surface area (Å²) in [5.74, 6) is 1.56. The SMILES string of the molecule is CCOc1cccc(CNC(C)CC)c1OCc1ccccc1Cl.Cl. The van der Waals surface area contributed by atoms with Gasteiger partial charge in [-0.2, -0.15) is 0 Å². The van der Waals surface area contributed by atoms with Crippen LogP contribution >= 0.6 is 24.0 Å². The van der Waals surface area contributed by atoms with Crippen LogP contribution in [0.2, 0.25) is 5.02 Å². The molecule has 0 amide bonds. The van der Waals surface area contributed by atoms with E-state index in [0.29, 0.717) is 24.3 Å². The molecular weight excluding hydrogens is 357 g/mol. The molecule has 0 aliphatic carbocycles. The van der Waals surface area contributed by atoms with E-state index in [-0.39, 0.29) is 12.4 Å². The van der Waals surface area contributed by atoms with Crippen LogP contribution in [-0.4, -0.2) is 12.6 Å². The van der Waals surface area contributed by atoms with E-state index in [1.807, 2.05) is 43.3 Å². The molecule has 0 heterocycles. The zero-order valence-electron chi connectivity index (χ0n) is 15.0. The summed E-state index contributed by atoms with van der Waals surface area (Å²) in [5, 5.41) is 4.22. The second kappa shape index (κ2) is 11.2. The molecule has 25 heavy (non-hydrogen) atoms. The fourth-order valence-electron chi connectivity index (χ4n) is 2.33. The van der Waals surface area contributed by atoms with Crippen molar-refractivity contribution in [1.82, 2.24) is 5.32 Å². The van der Waals surface area contributed by atoms with Crippen molar-refractivity contribution in [2.45, 2.75) is 46.4 Å². The van der Waals surface area contributed by atoms with Crippen LogP contribution in [0.3, 0.4) is 0 Å². The summed E-state index contributed by atoms with van der Waals surface area (Å²) in [6.45, 7) is 8.08. The quantitative estimate of drug-likeness (QED) is 0.608. The molecule has 1 atom stereocenters. The van der Waals surface area contributed by atoms with Gasteiger partial charge in [-0.25, -0.2) is 0 Å². The van der Waals surface area contributed by atoms with E-state index < -0.39 is 0 Å². The van der Waals surface area contributed by atoms with Crippen molar-refractivity contribution in [1.29, 1.82) is 0 Å². The number of halogens is 2. The molecule has 0 aliphatic heterocycles. The maximum absolute atomic E-state index is 6.23. The lowest BCUT2D eigenvalue weighted by Gasteiger charge is -2.18. The summed E-state index contributed by atoms with van der Waals surface area (Å²) in [5.41, 5.74) is 2.06. The van der Waals surface area contributed by atoms with Crippen LogP contribution < -0.4 is 14.8 Å². The van der Waals surface area contributed by atoms with Crippen LogP contribution in [0.1, 0.15) is 38.3 Å². The first-order valence-electron chi connectivity index (χ1n) is 8.50. The summed E-state index contributed by atoms with van der Waals surface area (Å²) in [7, 11) is 0. The topological polar surface area (TPSA) is 30.5 Å². The molecule has 2 rings (SSSR count). The van der Waals surface area contributed by atoms with Crippen LogP contribution in [0.25, 0.3) is 0 Å². The number of rotatable bonds is 9. The molecule has 3 nitrogen and oxygen atoms in total. The second-order valence-electron chi connectivity index (χ2n) is 5.75. The van der Waals surface area contributed by atoms with Gasteiger partial charge in [0.25, 0.3) is 0 Å². The van der Waals surface area contributed by atoms with E-state index >= 15 is 0 Å². The Morgan fingerprint density at radius 1 is 1.00 bits per heavy atom. The number of para-hydroxylation sites is 1. The summed E-state index contributed by atoms with van der Waals surface area (Å²) >= 11 is 6.23. The van der Waals surface area contributed by atoms with Gasteiger partial charge in [0.15, 0.2) is 11.5 Å². The molecule has 0 saturated carbocycles. The number of benzene rings is 2. The monoisotopic (exact) mass is 383 g/mol. The van der Waals surface area contributed by atoms with Crippen molar-refractivity contribution < 1.29 is 9.47 Å². The number of hydrogen-bond acceptors (Lipinski definition) is 3. The highest BCUT2D eigenvalue weighted by molar-refractivity contribution is 6.31. The normalized spacial score (nSPS) is 11.5. The first-order valence-corrected chi connectivity index (χ1v) is 8.87. The van der Waals surface area contributed by atoms with E-state index in [1.165, 1.54) is 0 Å². The predicted molar refractivity (Wildman–Crippen MR) is 107 cm³/mol. The van der Waals surface area contributed by atoms with Crippen LogP contribution in [0, 0.1) is 0 Å². The molecule has 0 aromatic heterocycles. The zero-order chi connectivity index (χ0) is 17.4. The third-order valence-corrected chi connectivity index (χ3v) is 4.31. The van der Waals surface area contributed by atoms with Crippen molar-refractivity contribution in [3.05, 3.63) is 58.6 Å². The largest absolute Gasteiger partial charge is 0.490 e. The molecule has 0 fully saturated rings. The minimum atomic E-state index is 0. The van der Waals surface area contributed by atoms with Crippen LogP contribution in [-0.2, 0) is 13.2 Å². The van der Waals surface area contributed by atoms with E-state index in [4.69, 9.17) is 21.1 Å². The molecule has 0 saturated heterocycles. The Labute approximate surface area is 162 Å². The lowest BCUT2D eigenvalue weighted by Crippen LogP contribution is -2.24. The van der Waals surface area contributed by atoms with Gasteiger partial charge in [0, 0.05) is 28.7 Å². The minimum absolute atomic E-state index is 0. The summed E-state index contributed by atoms with van der Waals surface area (Å²) in [6, 6.07) is 14.2. The lowest BCUT2D eigenvalue weighted by atomic mass is 10.1. The number of nitrogens with one attached hydrogen (secondary N) is 1. The van der Waals surface area contributed by atoms with Gasteiger partial charge in [0.05, 0.1) is 6.61 Å². The molecule has 0 aliphatic rings. The summed E-state index contributed by atoms with van der Waals surface area (Å²) in [4.78, 5) is 0. The van der Waals surface area contributed by atoms with Gasteiger partial charge in [-0.15, -0.1) is 12.4 Å². The van der Waals surface area contributed by atoms with Crippen molar-refractivity contribution in [2.24, 2.45) is 0 Å². The fraction of sp³-hybridized carbons (Fsp3) is 0.400. The Kier molecular flexibility index (Phi) is 9.73. The minimum Gasteiger partial charge on any atom is -0.490 e. The van der Waals surface area contributed by atoms with Crippen LogP contribution in [0.15, 0.2) is 42.5 Å². The zero-order valence-corrected chi connectivity index (χ0v) is 16.6. The Balaban J connectivity index is 0.00000312. The van der Waals surface area contributed by atoms with Crippen molar-refractivity contribution >= 4 is 24.0 Å².